The molecule has 0 saturated heterocycles. The Hall–Kier alpha value is -1.88. The standard InChI is InChI=1S/C11H13NO4/c1-6(2)10(14)7-3-4-8(9(13)5-7)11(15)16-12/h3-6,13H,12H2,1-2H3. The smallest absolute Gasteiger partial charge is 0.360 e. The maximum Gasteiger partial charge on any atom is 0.360 e. The molecule has 0 atom stereocenters. The van der Waals surface area contributed by atoms with Crippen LogP contribution in [0.15, 0.2) is 18.2 Å². The van der Waals surface area contributed by atoms with Crippen LogP contribution in [0.5, 0.6) is 5.75 Å². The van der Waals surface area contributed by atoms with Crippen molar-refractivity contribution in [3.63, 3.8) is 0 Å². The van der Waals surface area contributed by atoms with Crippen molar-refractivity contribution in [2.45, 2.75) is 13.8 Å². The summed E-state index contributed by atoms with van der Waals surface area (Å²) in [4.78, 5) is 26.6. The van der Waals surface area contributed by atoms with Gasteiger partial charge in [0.1, 0.15) is 11.3 Å². The van der Waals surface area contributed by atoms with Gasteiger partial charge in [-0.25, -0.2) is 4.79 Å². The van der Waals surface area contributed by atoms with Gasteiger partial charge in [-0.1, -0.05) is 19.9 Å². The lowest BCUT2D eigenvalue weighted by atomic mass is 9.99. The minimum absolute atomic E-state index is 0.0668. The molecule has 0 fully saturated rings. The van der Waals surface area contributed by atoms with Crippen LogP contribution in [0.3, 0.4) is 0 Å². The molecule has 0 spiro atoms. The van der Waals surface area contributed by atoms with Gasteiger partial charge in [-0.05, 0) is 12.1 Å². The second kappa shape index (κ2) is 4.76. The van der Waals surface area contributed by atoms with Gasteiger partial charge in [0.25, 0.3) is 0 Å². The zero-order chi connectivity index (χ0) is 12.3. The average Bonchev–Trinajstić information content (AvgIpc) is 2.26. The molecule has 1 aromatic carbocycles. The first-order valence-electron chi connectivity index (χ1n) is 4.75. The van der Waals surface area contributed by atoms with Crippen LogP contribution < -0.4 is 5.90 Å². The number of nitrogens with two attached hydrogens (primary N) is 1. The van der Waals surface area contributed by atoms with Gasteiger partial charge in [0.05, 0.1) is 0 Å². The van der Waals surface area contributed by atoms with E-state index in [0.29, 0.717) is 5.56 Å². The number of carbonyl (C=O) groups excluding carboxylic acids is 2. The van der Waals surface area contributed by atoms with Crippen molar-refractivity contribution in [3.05, 3.63) is 29.3 Å². The van der Waals surface area contributed by atoms with Gasteiger partial charge >= 0.3 is 5.97 Å². The number of phenolic OH excluding ortho intramolecular Hbond substituents is 1. The highest BCUT2D eigenvalue weighted by molar-refractivity contribution is 6.00. The lowest BCUT2D eigenvalue weighted by Gasteiger charge is -2.06. The normalized spacial score (nSPS) is 10.2. The van der Waals surface area contributed by atoms with Gasteiger partial charge in [-0.15, -0.1) is 0 Å². The van der Waals surface area contributed by atoms with Gasteiger partial charge in [-0.2, -0.15) is 5.90 Å². The van der Waals surface area contributed by atoms with Crippen LogP contribution in [-0.2, 0) is 4.84 Å². The highest BCUT2D eigenvalue weighted by Gasteiger charge is 2.16. The Labute approximate surface area is 92.8 Å². The molecule has 0 bridgehead atoms. The minimum atomic E-state index is -0.846. The summed E-state index contributed by atoms with van der Waals surface area (Å²) >= 11 is 0. The summed E-state index contributed by atoms with van der Waals surface area (Å²) in [5.41, 5.74) is 0.281. The van der Waals surface area contributed by atoms with Crippen LogP contribution >= 0.6 is 0 Å². The summed E-state index contributed by atoms with van der Waals surface area (Å²) in [6.45, 7) is 3.50. The van der Waals surface area contributed by atoms with E-state index in [0.717, 1.165) is 0 Å². The average molecular weight is 223 g/mol. The molecule has 0 saturated carbocycles. The molecule has 0 aliphatic rings. The molecule has 0 radical (unpaired) electrons. The van der Waals surface area contributed by atoms with E-state index in [1.54, 1.807) is 13.8 Å². The maximum atomic E-state index is 11.6. The van der Waals surface area contributed by atoms with E-state index in [-0.39, 0.29) is 23.0 Å². The Morgan fingerprint density at radius 2 is 2.00 bits per heavy atom. The number of hydrogen-bond acceptors (Lipinski definition) is 5. The fraction of sp³-hybridized carbons (Fsp3) is 0.273. The molecule has 0 amide bonds. The summed E-state index contributed by atoms with van der Waals surface area (Å²) in [7, 11) is 0. The van der Waals surface area contributed by atoms with Gasteiger partial charge in [0.2, 0.25) is 0 Å². The third-order valence-electron chi connectivity index (χ3n) is 2.13. The molecule has 1 rings (SSSR count). The largest absolute Gasteiger partial charge is 0.507 e. The molecule has 86 valence electrons. The molecule has 5 nitrogen and oxygen atoms in total. The van der Waals surface area contributed by atoms with Crippen LogP contribution in [0.2, 0.25) is 0 Å². The van der Waals surface area contributed by atoms with Crippen LogP contribution in [-0.4, -0.2) is 16.9 Å². The zero-order valence-electron chi connectivity index (χ0n) is 9.06. The first-order chi connectivity index (χ1) is 7.47. The third kappa shape index (κ3) is 2.38. The summed E-state index contributed by atoms with van der Waals surface area (Å²) in [6, 6.07) is 3.99. The first-order valence-corrected chi connectivity index (χ1v) is 4.75. The van der Waals surface area contributed by atoms with Crippen molar-refractivity contribution in [3.8, 4) is 5.75 Å². The Balaban J connectivity index is 3.09. The number of hydrogen-bond donors (Lipinski definition) is 2. The fourth-order valence-electron chi connectivity index (χ4n) is 1.25. The second-order valence-electron chi connectivity index (χ2n) is 3.66. The molecular formula is C11H13NO4. The Kier molecular flexibility index (Phi) is 3.63. The van der Waals surface area contributed by atoms with Crippen molar-refractivity contribution < 1.29 is 19.5 Å². The second-order valence-corrected chi connectivity index (χ2v) is 3.66. The molecule has 1 aromatic rings. The van der Waals surface area contributed by atoms with E-state index < -0.39 is 5.97 Å². The zero-order valence-corrected chi connectivity index (χ0v) is 9.06. The lowest BCUT2D eigenvalue weighted by Crippen LogP contribution is -2.12. The Morgan fingerprint density at radius 1 is 1.38 bits per heavy atom. The maximum absolute atomic E-state index is 11.6. The molecule has 5 heteroatoms. The van der Waals surface area contributed by atoms with E-state index in [4.69, 9.17) is 5.90 Å². The van der Waals surface area contributed by atoms with Gasteiger partial charge in [0, 0.05) is 11.5 Å². The molecule has 0 unspecified atom stereocenters. The van der Waals surface area contributed by atoms with Gasteiger partial charge < -0.3 is 9.94 Å². The highest BCUT2D eigenvalue weighted by atomic mass is 16.7. The quantitative estimate of drug-likeness (QED) is 0.594. The van der Waals surface area contributed by atoms with E-state index >= 15 is 0 Å². The predicted molar refractivity (Wildman–Crippen MR) is 56.9 cm³/mol. The molecular weight excluding hydrogens is 210 g/mol. The van der Waals surface area contributed by atoms with Crippen molar-refractivity contribution in [2.75, 3.05) is 0 Å². The number of ketones is 1. The summed E-state index contributed by atoms with van der Waals surface area (Å²) < 4.78 is 0. The van der Waals surface area contributed by atoms with Crippen molar-refractivity contribution in [2.24, 2.45) is 11.8 Å². The summed E-state index contributed by atoms with van der Waals surface area (Å²) in [6.07, 6.45) is 0. The van der Waals surface area contributed by atoms with Crippen LogP contribution in [0, 0.1) is 5.92 Å². The predicted octanol–water partition coefficient (Wildman–Crippen LogP) is 1.26. The topological polar surface area (TPSA) is 89.6 Å². The molecule has 0 aromatic heterocycles. The SMILES string of the molecule is CC(C)C(=O)c1ccc(C(=O)ON)c(O)c1. The number of benzene rings is 1. The van der Waals surface area contributed by atoms with Gasteiger partial charge in [0.15, 0.2) is 5.78 Å². The molecule has 0 heterocycles. The molecule has 0 aliphatic carbocycles. The minimum Gasteiger partial charge on any atom is -0.507 e. The third-order valence-corrected chi connectivity index (χ3v) is 2.13. The summed E-state index contributed by atoms with van der Waals surface area (Å²) in [5.74, 6) is 3.24. The van der Waals surface area contributed by atoms with Crippen molar-refractivity contribution >= 4 is 11.8 Å². The van der Waals surface area contributed by atoms with Crippen LogP contribution in [0.4, 0.5) is 0 Å². The van der Waals surface area contributed by atoms with E-state index in [1.807, 2.05) is 0 Å². The van der Waals surface area contributed by atoms with Crippen LogP contribution in [0.25, 0.3) is 0 Å². The highest BCUT2D eigenvalue weighted by Crippen LogP contribution is 2.21. The number of phenols is 1. The Morgan fingerprint density at radius 3 is 2.44 bits per heavy atom. The van der Waals surface area contributed by atoms with Gasteiger partial charge in [-0.3, -0.25) is 4.79 Å². The molecule has 3 N–H and O–H groups in total. The first kappa shape index (κ1) is 12.2. The monoisotopic (exact) mass is 223 g/mol. The molecule has 16 heavy (non-hydrogen) atoms. The van der Waals surface area contributed by atoms with Crippen molar-refractivity contribution in [1.29, 1.82) is 0 Å². The number of carbonyl (C=O) groups is 2. The van der Waals surface area contributed by atoms with Crippen LogP contribution in [0.1, 0.15) is 34.6 Å². The summed E-state index contributed by atoms with van der Waals surface area (Å²) in [5, 5.41) is 9.51. The number of Topliss-reactive ketones (excluding diaryl/α,β-unsaturated/α-hetero) is 1. The molecule has 0 aliphatic heterocycles. The Bertz CT molecular complexity index is 426. The van der Waals surface area contributed by atoms with E-state index in [1.165, 1.54) is 18.2 Å². The lowest BCUT2D eigenvalue weighted by molar-refractivity contribution is 0.0499. The van der Waals surface area contributed by atoms with E-state index in [9.17, 15) is 14.7 Å². The number of aromatic hydroxyl groups is 1. The van der Waals surface area contributed by atoms with E-state index in [2.05, 4.69) is 4.84 Å². The number of rotatable bonds is 3. The van der Waals surface area contributed by atoms with Crippen molar-refractivity contribution in [1.82, 2.24) is 0 Å². The fourth-order valence-corrected chi connectivity index (χ4v) is 1.25.